The summed E-state index contributed by atoms with van der Waals surface area (Å²) >= 11 is 0. The maximum absolute atomic E-state index is 5.50. The lowest BCUT2D eigenvalue weighted by Crippen LogP contribution is -2.47. The van der Waals surface area contributed by atoms with E-state index in [1.807, 2.05) is 0 Å². The summed E-state index contributed by atoms with van der Waals surface area (Å²) in [6, 6.07) is 11.5. The van der Waals surface area contributed by atoms with Crippen LogP contribution in [0.3, 0.4) is 0 Å². The highest BCUT2D eigenvalue weighted by molar-refractivity contribution is 5.14. The normalized spacial score (nSPS) is 21.9. The molecule has 0 saturated carbocycles. The number of morpholine rings is 1. The van der Waals surface area contributed by atoms with E-state index in [1.165, 1.54) is 38.0 Å². The molecule has 0 aliphatic carbocycles. The van der Waals surface area contributed by atoms with Crippen molar-refractivity contribution in [2.24, 2.45) is 5.92 Å². The largest absolute Gasteiger partial charge is 0.379 e. The highest BCUT2D eigenvalue weighted by atomic mass is 16.5. The molecule has 0 spiro atoms. The summed E-state index contributed by atoms with van der Waals surface area (Å²) in [7, 11) is 0. The van der Waals surface area contributed by atoms with Crippen LogP contribution in [-0.2, 0) is 11.3 Å². The molecule has 0 bridgehead atoms. The molecule has 3 rings (SSSR count). The average Bonchev–Trinajstić information content (AvgIpc) is 2.64. The Balaban J connectivity index is 1.60. The van der Waals surface area contributed by atoms with E-state index in [2.05, 4.69) is 52.4 Å². The lowest BCUT2D eigenvalue weighted by Gasteiger charge is -2.37. The molecule has 2 aliphatic heterocycles. The molecule has 1 unspecified atom stereocenters. The number of ether oxygens (including phenoxy) is 1. The van der Waals surface area contributed by atoms with Crippen molar-refractivity contribution >= 4 is 0 Å². The van der Waals surface area contributed by atoms with Gasteiger partial charge in [0.25, 0.3) is 0 Å². The van der Waals surface area contributed by atoms with Gasteiger partial charge in [0, 0.05) is 38.8 Å². The number of rotatable bonds is 7. The van der Waals surface area contributed by atoms with Crippen LogP contribution in [0.25, 0.3) is 0 Å². The summed E-state index contributed by atoms with van der Waals surface area (Å²) in [5.41, 5.74) is 1.43. The molecule has 1 aromatic rings. The number of hydrogen-bond donors (Lipinski definition) is 1. The molecule has 2 saturated heterocycles. The van der Waals surface area contributed by atoms with Crippen LogP contribution in [0.1, 0.15) is 25.3 Å². The van der Waals surface area contributed by atoms with Gasteiger partial charge in [0.2, 0.25) is 0 Å². The number of nitrogens with zero attached hydrogens (tertiary/aromatic N) is 2. The van der Waals surface area contributed by atoms with Gasteiger partial charge in [-0.1, -0.05) is 30.3 Å². The van der Waals surface area contributed by atoms with Crippen molar-refractivity contribution in [3.63, 3.8) is 0 Å². The van der Waals surface area contributed by atoms with Gasteiger partial charge in [-0.15, -0.1) is 0 Å². The van der Waals surface area contributed by atoms with Crippen molar-refractivity contribution in [1.29, 1.82) is 0 Å². The minimum Gasteiger partial charge on any atom is -0.379 e. The predicted octanol–water partition coefficient (Wildman–Crippen LogP) is 2.21. The lowest BCUT2D eigenvalue weighted by atomic mass is 9.96. The fraction of sp³-hybridized carbons (Fsp3) is 0.700. The minimum atomic E-state index is 0.582. The zero-order valence-electron chi connectivity index (χ0n) is 15.1. The molecule has 0 amide bonds. The molecular weight excluding hydrogens is 298 g/mol. The molecule has 0 aromatic heterocycles. The first-order chi connectivity index (χ1) is 11.8. The van der Waals surface area contributed by atoms with Gasteiger partial charge in [0.05, 0.1) is 13.2 Å². The van der Waals surface area contributed by atoms with Crippen LogP contribution in [0.2, 0.25) is 0 Å². The van der Waals surface area contributed by atoms with Crippen LogP contribution in [0.15, 0.2) is 30.3 Å². The second-order valence-electron chi connectivity index (χ2n) is 7.37. The SMILES string of the molecule is CC(CN1CCOCC1)N(Cc1ccccc1)CC1CCNCC1. The second-order valence-corrected chi connectivity index (χ2v) is 7.37. The summed E-state index contributed by atoms with van der Waals surface area (Å²) in [4.78, 5) is 5.27. The molecule has 4 heteroatoms. The van der Waals surface area contributed by atoms with Crippen molar-refractivity contribution < 1.29 is 4.74 Å². The van der Waals surface area contributed by atoms with E-state index in [1.54, 1.807) is 0 Å². The Morgan fingerprint density at radius 2 is 1.88 bits per heavy atom. The van der Waals surface area contributed by atoms with Gasteiger partial charge in [-0.2, -0.15) is 0 Å². The van der Waals surface area contributed by atoms with Crippen molar-refractivity contribution in [1.82, 2.24) is 15.1 Å². The number of benzene rings is 1. The van der Waals surface area contributed by atoms with Crippen LogP contribution >= 0.6 is 0 Å². The Hall–Kier alpha value is -0.940. The summed E-state index contributed by atoms with van der Waals surface area (Å²) in [5, 5.41) is 3.49. The fourth-order valence-corrected chi connectivity index (χ4v) is 3.89. The molecule has 2 aliphatic rings. The third-order valence-electron chi connectivity index (χ3n) is 5.43. The van der Waals surface area contributed by atoms with E-state index in [0.717, 1.165) is 45.3 Å². The van der Waals surface area contributed by atoms with Crippen LogP contribution < -0.4 is 5.32 Å². The number of piperidine rings is 1. The summed E-state index contributed by atoms with van der Waals surface area (Å²) in [6.45, 7) is 12.1. The fourth-order valence-electron chi connectivity index (χ4n) is 3.89. The maximum atomic E-state index is 5.50. The Bertz CT molecular complexity index is 455. The third kappa shape index (κ3) is 5.55. The quantitative estimate of drug-likeness (QED) is 0.829. The molecule has 1 aromatic carbocycles. The van der Waals surface area contributed by atoms with Crippen molar-refractivity contribution in [3.8, 4) is 0 Å². The van der Waals surface area contributed by atoms with Gasteiger partial charge in [0.15, 0.2) is 0 Å². The first kappa shape index (κ1) is 17.9. The molecule has 1 atom stereocenters. The van der Waals surface area contributed by atoms with Crippen LogP contribution in [0.4, 0.5) is 0 Å². The highest BCUT2D eigenvalue weighted by Crippen LogP contribution is 2.18. The maximum Gasteiger partial charge on any atom is 0.0594 e. The van der Waals surface area contributed by atoms with Crippen molar-refractivity contribution in [2.45, 2.75) is 32.4 Å². The smallest absolute Gasteiger partial charge is 0.0594 e. The van der Waals surface area contributed by atoms with Crippen LogP contribution in [0, 0.1) is 5.92 Å². The van der Waals surface area contributed by atoms with Crippen LogP contribution in [0.5, 0.6) is 0 Å². The minimum absolute atomic E-state index is 0.582. The second kappa shape index (κ2) is 9.52. The molecule has 2 fully saturated rings. The highest BCUT2D eigenvalue weighted by Gasteiger charge is 2.23. The first-order valence-corrected chi connectivity index (χ1v) is 9.60. The van der Waals surface area contributed by atoms with E-state index in [-0.39, 0.29) is 0 Å². The van der Waals surface area contributed by atoms with Gasteiger partial charge in [-0.25, -0.2) is 0 Å². The lowest BCUT2D eigenvalue weighted by molar-refractivity contribution is 0.0211. The molecule has 1 N–H and O–H groups in total. The molecule has 24 heavy (non-hydrogen) atoms. The molecule has 0 radical (unpaired) electrons. The Kier molecular flexibility index (Phi) is 7.09. The topological polar surface area (TPSA) is 27.7 Å². The molecular formula is C20H33N3O. The van der Waals surface area contributed by atoms with Crippen LogP contribution in [-0.4, -0.2) is 68.3 Å². The summed E-state index contributed by atoms with van der Waals surface area (Å²) in [5.74, 6) is 0.835. The van der Waals surface area contributed by atoms with Crippen molar-refractivity contribution in [3.05, 3.63) is 35.9 Å². The summed E-state index contributed by atoms with van der Waals surface area (Å²) in [6.07, 6.45) is 2.63. The molecule has 4 nitrogen and oxygen atoms in total. The zero-order chi connectivity index (χ0) is 16.6. The van der Waals surface area contributed by atoms with E-state index in [4.69, 9.17) is 4.74 Å². The van der Waals surface area contributed by atoms with Gasteiger partial charge in [-0.3, -0.25) is 9.80 Å². The first-order valence-electron chi connectivity index (χ1n) is 9.60. The standard InChI is InChI=1S/C20H33N3O/c1-18(15-22-11-13-24-14-12-22)23(16-19-5-3-2-4-6-19)17-20-7-9-21-10-8-20/h2-6,18,20-21H,7-17H2,1H3. The number of nitrogens with one attached hydrogen (secondary N) is 1. The molecule has 134 valence electrons. The summed E-state index contributed by atoms with van der Waals surface area (Å²) < 4.78 is 5.50. The van der Waals surface area contributed by atoms with Gasteiger partial charge in [-0.05, 0) is 44.3 Å². The molecule has 2 heterocycles. The van der Waals surface area contributed by atoms with Gasteiger partial charge in [0.1, 0.15) is 0 Å². The van der Waals surface area contributed by atoms with Gasteiger partial charge >= 0.3 is 0 Å². The Morgan fingerprint density at radius 3 is 2.58 bits per heavy atom. The third-order valence-corrected chi connectivity index (χ3v) is 5.43. The zero-order valence-corrected chi connectivity index (χ0v) is 15.1. The van der Waals surface area contributed by atoms with E-state index >= 15 is 0 Å². The van der Waals surface area contributed by atoms with E-state index in [0.29, 0.717) is 6.04 Å². The van der Waals surface area contributed by atoms with E-state index in [9.17, 15) is 0 Å². The number of hydrogen-bond acceptors (Lipinski definition) is 4. The van der Waals surface area contributed by atoms with E-state index < -0.39 is 0 Å². The average molecular weight is 332 g/mol. The van der Waals surface area contributed by atoms with Gasteiger partial charge < -0.3 is 10.1 Å². The monoisotopic (exact) mass is 331 g/mol. The van der Waals surface area contributed by atoms with Crippen molar-refractivity contribution in [2.75, 3.05) is 52.5 Å². The predicted molar refractivity (Wildman–Crippen MR) is 99.2 cm³/mol. The Labute approximate surface area is 147 Å². The Morgan fingerprint density at radius 1 is 1.17 bits per heavy atom.